The number of rotatable bonds is 1. The molecule has 0 aromatic carbocycles. The molecule has 3 heteroatoms. The minimum absolute atomic E-state index is 0.152. The van der Waals surface area contributed by atoms with Gasteiger partial charge in [-0.1, -0.05) is 20.8 Å². The zero-order chi connectivity index (χ0) is 9.35. The van der Waals surface area contributed by atoms with E-state index < -0.39 is 0 Å². The van der Waals surface area contributed by atoms with Gasteiger partial charge in [0.25, 0.3) is 0 Å². The Morgan fingerprint density at radius 3 is 2.33 bits per heavy atom. The first kappa shape index (κ1) is 9.65. The van der Waals surface area contributed by atoms with Crippen molar-refractivity contribution in [3.05, 3.63) is 11.9 Å². The summed E-state index contributed by atoms with van der Waals surface area (Å²) in [7, 11) is 1.97. The van der Waals surface area contributed by atoms with Crippen molar-refractivity contribution in [3.8, 4) is 0 Å². The molecule has 1 aromatic rings. The Balaban J connectivity index is 3.13. The minimum atomic E-state index is 0.152. The van der Waals surface area contributed by atoms with E-state index in [0.29, 0.717) is 0 Å². The van der Waals surface area contributed by atoms with Crippen molar-refractivity contribution >= 4 is 11.8 Å². The number of hydrogen-bond donors (Lipinski definition) is 0. The molecule has 12 heavy (non-hydrogen) atoms. The molecule has 0 atom stereocenters. The molecule has 0 saturated carbocycles. The van der Waals surface area contributed by atoms with E-state index in [1.165, 1.54) is 10.6 Å². The van der Waals surface area contributed by atoms with Crippen LogP contribution in [0.4, 0.5) is 0 Å². The van der Waals surface area contributed by atoms with Crippen molar-refractivity contribution in [2.24, 2.45) is 7.05 Å². The Hall–Kier alpha value is -0.440. The Morgan fingerprint density at radius 2 is 2.00 bits per heavy atom. The van der Waals surface area contributed by atoms with Crippen LogP contribution in [-0.2, 0) is 12.5 Å². The lowest BCUT2D eigenvalue weighted by Crippen LogP contribution is -2.13. The monoisotopic (exact) mass is 184 g/mol. The summed E-state index contributed by atoms with van der Waals surface area (Å²) >= 11 is 1.76. The molecule has 0 aliphatic carbocycles. The second-order valence-electron chi connectivity index (χ2n) is 3.97. The second kappa shape index (κ2) is 3.13. The molecule has 1 rings (SSSR count). The topological polar surface area (TPSA) is 17.8 Å². The number of nitrogens with zero attached hydrogens (tertiary/aromatic N) is 2. The van der Waals surface area contributed by atoms with E-state index in [4.69, 9.17) is 0 Å². The van der Waals surface area contributed by atoms with Crippen LogP contribution in [0.15, 0.2) is 11.1 Å². The Bertz CT molecular complexity index is 271. The molecule has 0 saturated heterocycles. The first-order chi connectivity index (χ1) is 5.45. The predicted octanol–water partition coefficient (Wildman–Crippen LogP) is 2.44. The van der Waals surface area contributed by atoms with Gasteiger partial charge in [0.2, 0.25) is 0 Å². The summed E-state index contributed by atoms with van der Waals surface area (Å²) in [6, 6.07) is 0. The number of aryl methyl sites for hydroxylation is 1. The molecule has 0 aliphatic rings. The highest BCUT2D eigenvalue weighted by atomic mass is 32.2. The first-order valence-electron chi connectivity index (χ1n) is 4.03. The molecule has 0 unspecified atom stereocenters. The maximum absolute atomic E-state index is 4.45. The molecular weight excluding hydrogens is 168 g/mol. The van der Waals surface area contributed by atoms with Crippen molar-refractivity contribution in [3.63, 3.8) is 0 Å². The molecule has 2 nitrogen and oxygen atoms in total. The average Bonchev–Trinajstić information content (AvgIpc) is 2.29. The van der Waals surface area contributed by atoms with E-state index in [-0.39, 0.29) is 5.41 Å². The fraction of sp³-hybridized carbons (Fsp3) is 0.667. The summed E-state index contributed by atoms with van der Waals surface area (Å²) in [4.78, 5) is 1.28. The Labute approximate surface area is 78.4 Å². The highest BCUT2D eigenvalue weighted by Crippen LogP contribution is 2.29. The smallest absolute Gasteiger partial charge is 0.0813 e. The molecule has 0 bridgehead atoms. The quantitative estimate of drug-likeness (QED) is 0.624. The third-order valence-electron chi connectivity index (χ3n) is 1.73. The summed E-state index contributed by atoms with van der Waals surface area (Å²) in [5.74, 6) is 0. The second-order valence-corrected chi connectivity index (χ2v) is 4.82. The first-order valence-corrected chi connectivity index (χ1v) is 5.25. The van der Waals surface area contributed by atoms with Crippen molar-refractivity contribution < 1.29 is 0 Å². The van der Waals surface area contributed by atoms with Crippen LogP contribution in [0.25, 0.3) is 0 Å². The molecule has 0 fully saturated rings. The van der Waals surface area contributed by atoms with Crippen molar-refractivity contribution in [1.82, 2.24) is 9.78 Å². The molecule has 0 spiro atoms. The Kier molecular flexibility index (Phi) is 2.52. The SMILES string of the molecule is CSc1cn(C)nc1C(C)(C)C. The number of thioether (sulfide) groups is 1. The fourth-order valence-corrected chi connectivity index (χ4v) is 1.93. The van der Waals surface area contributed by atoms with Crippen LogP contribution in [0.5, 0.6) is 0 Å². The standard InChI is InChI=1S/C9H16N2S/c1-9(2,3)8-7(12-5)6-11(4)10-8/h6H,1-5H3. The maximum atomic E-state index is 4.45. The van der Waals surface area contributed by atoms with Gasteiger partial charge in [-0.05, 0) is 6.26 Å². The van der Waals surface area contributed by atoms with Gasteiger partial charge in [0.05, 0.1) is 5.69 Å². The third-order valence-corrected chi connectivity index (χ3v) is 2.46. The molecule has 1 aromatic heterocycles. The number of hydrogen-bond acceptors (Lipinski definition) is 2. The van der Waals surface area contributed by atoms with E-state index in [1.54, 1.807) is 11.8 Å². The van der Waals surface area contributed by atoms with Crippen molar-refractivity contribution in [2.75, 3.05) is 6.26 Å². The summed E-state index contributed by atoms with van der Waals surface area (Å²) in [6.07, 6.45) is 4.16. The van der Waals surface area contributed by atoms with E-state index in [2.05, 4.69) is 38.3 Å². The van der Waals surface area contributed by atoms with Gasteiger partial charge in [-0.15, -0.1) is 11.8 Å². The highest BCUT2D eigenvalue weighted by molar-refractivity contribution is 7.98. The van der Waals surface area contributed by atoms with Gasteiger partial charge in [0.15, 0.2) is 0 Å². The van der Waals surface area contributed by atoms with Crippen LogP contribution >= 0.6 is 11.8 Å². The average molecular weight is 184 g/mol. The summed E-state index contributed by atoms with van der Waals surface area (Å²) < 4.78 is 1.88. The van der Waals surface area contributed by atoms with E-state index in [0.717, 1.165) is 0 Å². The van der Waals surface area contributed by atoms with Crippen LogP contribution in [0.2, 0.25) is 0 Å². The summed E-state index contributed by atoms with van der Waals surface area (Å²) in [5.41, 5.74) is 1.34. The summed E-state index contributed by atoms with van der Waals surface area (Å²) in [6.45, 7) is 6.57. The van der Waals surface area contributed by atoms with Crippen LogP contribution < -0.4 is 0 Å². The van der Waals surface area contributed by atoms with Gasteiger partial charge in [0, 0.05) is 23.6 Å². The number of aromatic nitrogens is 2. The van der Waals surface area contributed by atoms with E-state index in [1.807, 2.05) is 11.7 Å². The summed E-state index contributed by atoms with van der Waals surface area (Å²) in [5, 5.41) is 4.45. The lowest BCUT2D eigenvalue weighted by molar-refractivity contribution is 0.545. The van der Waals surface area contributed by atoms with Crippen LogP contribution in [0, 0.1) is 0 Å². The van der Waals surface area contributed by atoms with E-state index >= 15 is 0 Å². The molecule has 0 amide bonds. The molecular formula is C9H16N2S. The van der Waals surface area contributed by atoms with Crippen LogP contribution in [0.3, 0.4) is 0 Å². The zero-order valence-electron chi connectivity index (χ0n) is 8.38. The van der Waals surface area contributed by atoms with Gasteiger partial charge in [-0.3, -0.25) is 4.68 Å². The minimum Gasteiger partial charge on any atom is -0.274 e. The lowest BCUT2D eigenvalue weighted by atomic mass is 9.92. The van der Waals surface area contributed by atoms with Gasteiger partial charge < -0.3 is 0 Å². The molecule has 1 heterocycles. The molecule has 0 radical (unpaired) electrons. The van der Waals surface area contributed by atoms with Crippen LogP contribution in [-0.4, -0.2) is 16.0 Å². The Morgan fingerprint density at radius 1 is 1.42 bits per heavy atom. The van der Waals surface area contributed by atoms with Crippen molar-refractivity contribution in [1.29, 1.82) is 0 Å². The lowest BCUT2D eigenvalue weighted by Gasteiger charge is -2.16. The predicted molar refractivity (Wildman–Crippen MR) is 53.7 cm³/mol. The normalized spacial score (nSPS) is 12.1. The highest BCUT2D eigenvalue weighted by Gasteiger charge is 2.21. The van der Waals surface area contributed by atoms with E-state index in [9.17, 15) is 0 Å². The molecule has 0 N–H and O–H groups in total. The van der Waals surface area contributed by atoms with Gasteiger partial charge >= 0.3 is 0 Å². The van der Waals surface area contributed by atoms with Gasteiger partial charge in [0.1, 0.15) is 0 Å². The fourth-order valence-electron chi connectivity index (χ4n) is 1.14. The largest absolute Gasteiger partial charge is 0.274 e. The molecule has 0 aliphatic heterocycles. The van der Waals surface area contributed by atoms with Crippen LogP contribution in [0.1, 0.15) is 26.5 Å². The molecule has 68 valence electrons. The zero-order valence-corrected chi connectivity index (χ0v) is 9.20. The third kappa shape index (κ3) is 1.83. The van der Waals surface area contributed by atoms with Gasteiger partial charge in [-0.2, -0.15) is 5.10 Å². The van der Waals surface area contributed by atoms with Crippen molar-refractivity contribution in [2.45, 2.75) is 31.1 Å². The maximum Gasteiger partial charge on any atom is 0.0813 e. The van der Waals surface area contributed by atoms with Gasteiger partial charge in [-0.25, -0.2) is 0 Å².